The van der Waals surface area contributed by atoms with Gasteiger partial charge in [0, 0.05) is 37.6 Å². The number of nitrogens with two attached hydrogens (primary N) is 1. The van der Waals surface area contributed by atoms with Crippen molar-refractivity contribution in [3.63, 3.8) is 0 Å². The number of hydrogen-bond donors (Lipinski definition) is 1. The van der Waals surface area contributed by atoms with Gasteiger partial charge < -0.3 is 10.6 Å². The first-order valence-electron chi connectivity index (χ1n) is 6.59. The summed E-state index contributed by atoms with van der Waals surface area (Å²) in [7, 11) is 0. The van der Waals surface area contributed by atoms with E-state index >= 15 is 0 Å². The van der Waals surface area contributed by atoms with Crippen LogP contribution in [0.5, 0.6) is 0 Å². The van der Waals surface area contributed by atoms with E-state index < -0.39 is 0 Å². The Bertz CT molecular complexity index is 336. The maximum absolute atomic E-state index is 5.55. The van der Waals surface area contributed by atoms with E-state index in [1.807, 2.05) is 12.4 Å². The van der Waals surface area contributed by atoms with Gasteiger partial charge in [0.1, 0.15) is 0 Å². The highest BCUT2D eigenvalue weighted by Crippen LogP contribution is 2.22. The van der Waals surface area contributed by atoms with E-state index in [2.05, 4.69) is 21.8 Å². The molecular weight excluding hydrogens is 212 g/mol. The standard InChI is InChI=1S/C13H22N4/c1-2-11-4-3-6-17(7-5-11)13-15-9-12(8-14)10-16-13/h9-11H,2-8,14H2,1H3. The third-order valence-corrected chi connectivity index (χ3v) is 3.64. The van der Waals surface area contributed by atoms with Crippen molar-refractivity contribution in [2.24, 2.45) is 11.7 Å². The highest BCUT2D eigenvalue weighted by molar-refractivity contribution is 5.29. The van der Waals surface area contributed by atoms with E-state index in [1.54, 1.807) is 0 Å². The summed E-state index contributed by atoms with van der Waals surface area (Å²) in [4.78, 5) is 11.1. The fraction of sp³-hybridized carbons (Fsp3) is 0.692. The lowest BCUT2D eigenvalue weighted by Gasteiger charge is -2.20. The molecule has 2 heterocycles. The Morgan fingerprint density at radius 2 is 2.06 bits per heavy atom. The summed E-state index contributed by atoms with van der Waals surface area (Å²) in [5.41, 5.74) is 6.54. The fourth-order valence-electron chi connectivity index (χ4n) is 2.39. The van der Waals surface area contributed by atoms with Gasteiger partial charge in [-0.05, 0) is 25.2 Å². The third-order valence-electron chi connectivity index (χ3n) is 3.64. The van der Waals surface area contributed by atoms with Gasteiger partial charge in [0.25, 0.3) is 0 Å². The molecule has 4 nitrogen and oxygen atoms in total. The van der Waals surface area contributed by atoms with E-state index in [1.165, 1.54) is 25.7 Å². The molecule has 1 saturated heterocycles. The van der Waals surface area contributed by atoms with Crippen LogP contribution in [-0.4, -0.2) is 23.1 Å². The molecule has 0 saturated carbocycles. The van der Waals surface area contributed by atoms with Crippen LogP contribution in [0.1, 0.15) is 38.2 Å². The third kappa shape index (κ3) is 3.16. The predicted octanol–water partition coefficient (Wildman–Crippen LogP) is 1.95. The van der Waals surface area contributed by atoms with Gasteiger partial charge in [-0.3, -0.25) is 0 Å². The van der Waals surface area contributed by atoms with Gasteiger partial charge in [-0.2, -0.15) is 0 Å². The molecule has 4 heteroatoms. The van der Waals surface area contributed by atoms with E-state index in [9.17, 15) is 0 Å². The highest BCUT2D eigenvalue weighted by Gasteiger charge is 2.17. The first-order chi connectivity index (χ1) is 8.33. The Balaban J connectivity index is 2.01. The maximum atomic E-state index is 5.55. The van der Waals surface area contributed by atoms with Crippen molar-refractivity contribution >= 4 is 5.95 Å². The smallest absolute Gasteiger partial charge is 0.225 e. The monoisotopic (exact) mass is 234 g/mol. The molecule has 94 valence electrons. The summed E-state index contributed by atoms with van der Waals surface area (Å²) in [6, 6.07) is 0. The molecule has 0 bridgehead atoms. The molecule has 0 spiro atoms. The van der Waals surface area contributed by atoms with E-state index in [0.717, 1.165) is 30.5 Å². The summed E-state index contributed by atoms with van der Waals surface area (Å²) >= 11 is 0. The van der Waals surface area contributed by atoms with Crippen LogP contribution in [0.25, 0.3) is 0 Å². The number of aromatic nitrogens is 2. The highest BCUT2D eigenvalue weighted by atomic mass is 15.2. The molecule has 1 aliphatic heterocycles. The minimum absolute atomic E-state index is 0.512. The molecule has 1 atom stereocenters. The first kappa shape index (κ1) is 12.3. The van der Waals surface area contributed by atoms with Crippen LogP contribution < -0.4 is 10.6 Å². The summed E-state index contributed by atoms with van der Waals surface area (Å²) in [6.45, 7) is 4.96. The molecule has 17 heavy (non-hydrogen) atoms. The normalized spacial score (nSPS) is 21.3. The zero-order valence-electron chi connectivity index (χ0n) is 10.6. The summed E-state index contributed by atoms with van der Waals surface area (Å²) in [5, 5.41) is 0. The maximum Gasteiger partial charge on any atom is 0.225 e. The quantitative estimate of drug-likeness (QED) is 0.868. The molecule has 0 radical (unpaired) electrons. The summed E-state index contributed by atoms with van der Waals surface area (Å²) in [5.74, 6) is 1.74. The zero-order valence-corrected chi connectivity index (χ0v) is 10.6. The number of anilines is 1. The second-order valence-corrected chi connectivity index (χ2v) is 4.79. The molecule has 1 unspecified atom stereocenters. The topological polar surface area (TPSA) is 55.0 Å². The summed E-state index contributed by atoms with van der Waals surface area (Å²) < 4.78 is 0. The number of rotatable bonds is 3. The second-order valence-electron chi connectivity index (χ2n) is 4.79. The molecule has 0 amide bonds. The SMILES string of the molecule is CCC1CCCN(c2ncc(CN)cn2)CC1. The van der Waals surface area contributed by atoms with Crippen molar-refractivity contribution in [1.29, 1.82) is 0 Å². The Hall–Kier alpha value is -1.16. The lowest BCUT2D eigenvalue weighted by Crippen LogP contribution is -2.26. The number of nitrogens with zero attached hydrogens (tertiary/aromatic N) is 3. The van der Waals surface area contributed by atoms with Gasteiger partial charge in [-0.25, -0.2) is 9.97 Å². The van der Waals surface area contributed by atoms with Crippen molar-refractivity contribution < 1.29 is 0 Å². The van der Waals surface area contributed by atoms with Crippen LogP contribution >= 0.6 is 0 Å². The van der Waals surface area contributed by atoms with Crippen LogP contribution in [0.2, 0.25) is 0 Å². The van der Waals surface area contributed by atoms with Crippen LogP contribution in [0.15, 0.2) is 12.4 Å². The molecular formula is C13H22N4. The largest absolute Gasteiger partial charge is 0.341 e. The molecule has 2 N–H and O–H groups in total. The molecule has 1 aliphatic rings. The van der Waals surface area contributed by atoms with E-state index in [0.29, 0.717) is 6.54 Å². The predicted molar refractivity (Wildman–Crippen MR) is 69.8 cm³/mol. The second kappa shape index (κ2) is 5.96. The van der Waals surface area contributed by atoms with E-state index in [4.69, 9.17) is 5.73 Å². The molecule has 2 rings (SSSR count). The van der Waals surface area contributed by atoms with Gasteiger partial charge in [0.15, 0.2) is 0 Å². The van der Waals surface area contributed by atoms with Crippen molar-refractivity contribution in [1.82, 2.24) is 9.97 Å². The Kier molecular flexibility index (Phi) is 4.31. The molecule has 0 aromatic carbocycles. The Morgan fingerprint density at radius 1 is 1.29 bits per heavy atom. The van der Waals surface area contributed by atoms with Crippen molar-refractivity contribution in [3.8, 4) is 0 Å². The molecule has 0 aliphatic carbocycles. The van der Waals surface area contributed by atoms with Crippen molar-refractivity contribution in [3.05, 3.63) is 18.0 Å². The number of hydrogen-bond acceptors (Lipinski definition) is 4. The van der Waals surface area contributed by atoms with Crippen molar-refractivity contribution in [2.45, 2.75) is 39.2 Å². The van der Waals surface area contributed by atoms with Gasteiger partial charge >= 0.3 is 0 Å². The van der Waals surface area contributed by atoms with Gasteiger partial charge in [0.2, 0.25) is 5.95 Å². The molecule has 1 fully saturated rings. The van der Waals surface area contributed by atoms with Gasteiger partial charge in [-0.15, -0.1) is 0 Å². The van der Waals surface area contributed by atoms with Gasteiger partial charge in [0.05, 0.1) is 0 Å². The summed E-state index contributed by atoms with van der Waals surface area (Å²) in [6.07, 6.45) is 8.82. The first-order valence-corrected chi connectivity index (χ1v) is 6.59. The van der Waals surface area contributed by atoms with Gasteiger partial charge in [-0.1, -0.05) is 13.3 Å². The average molecular weight is 234 g/mol. The van der Waals surface area contributed by atoms with Crippen LogP contribution in [0.4, 0.5) is 5.95 Å². The lowest BCUT2D eigenvalue weighted by atomic mass is 9.98. The Labute approximate surface area is 103 Å². The van der Waals surface area contributed by atoms with Crippen LogP contribution in [-0.2, 0) is 6.54 Å². The van der Waals surface area contributed by atoms with Crippen LogP contribution in [0, 0.1) is 5.92 Å². The fourth-order valence-corrected chi connectivity index (χ4v) is 2.39. The van der Waals surface area contributed by atoms with Crippen molar-refractivity contribution in [2.75, 3.05) is 18.0 Å². The Morgan fingerprint density at radius 3 is 2.71 bits per heavy atom. The lowest BCUT2D eigenvalue weighted by molar-refractivity contribution is 0.459. The molecule has 1 aromatic heterocycles. The average Bonchev–Trinajstić information content (AvgIpc) is 2.64. The minimum atomic E-state index is 0.512. The van der Waals surface area contributed by atoms with E-state index in [-0.39, 0.29) is 0 Å². The zero-order chi connectivity index (χ0) is 12.1. The van der Waals surface area contributed by atoms with Crippen LogP contribution in [0.3, 0.4) is 0 Å². The molecule has 1 aromatic rings. The minimum Gasteiger partial charge on any atom is -0.341 e.